The highest BCUT2D eigenvalue weighted by Gasteiger charge is 2.18. The molecule has 1 nitrogen and oxygen atoms in total. The summed E-state index contributed by atoms with van der Waals surface area (Å²) in [6.45, 7) is 1.74. The number of hydrogen-bond acceptors (Lipinski definition) is 1. The first-order chi connectivity index (χ1) is 5.45. The summed E-state index contributed by atoms with van der Waals surface area (Å²) in [4.78, 5) is 0. The van der Waals surface area contributed by atoms with Crippen LogP contribution < -0.4 is 0 Å². The van der Waals surface area contributed by atoms with Crippen molar-refractivity contribution in [3.8, 4) is 0 Å². The van der Waals surface area contributed by atoms with Gasteiger partial charge in [0.15, 0.2) is 0 Å². The Morgan fingerprint density at radius 3 is 2.36 bits per heavy atom. The lowest BCUT2D eigenvalue weighted by molar-refractivity contribution is 0.0616. The monoisotopic (exact) mass is 147 g/mol. The van der Waals surface area contributed by atoms with Crippen molar-refractivity contribution >= 4 is 0 Å². The van der Waals surface area contributed by atoms with Gasteiger partial charge in [-0.2, -0.15) is 0 Å². The predicted molar refractivity (Wildman–Crippen MR) is 44.2 cm³/mol. The minimum atomic E-state index is 0.870. The maximum atomic E-state index is 5.07. The van der Waals surface area contributed by atoms with E-state index in [0.29, 0.717) is 0 Å². The Morgan fingerprint density at radius 2 is 1.82 bits per heavy atom. The molecule has 0 spiro atoms. The zero-order chi connectivity index (χ0) is 7.52. The van der Waals surface area contributed by atoms with E-state index in [1.54, 1.807) is 0 Å². The lowest BCUT2D eigenvalue weighted by atomic mass is 9.98. The molecule has 0 amide bonds. The molecule has 1 aliphatic heterocycles. The molecule has 1 aromatic rings. The van der Waals surface area contributed by atoms with E-state index < -0.39 is 0 Å². The molecule has 1 heteroatoms. The van der Waals surface area contributed by atoms with Gasteiger partial charge < -0.3 is 4.74 Å². The van der Waals surface area contributed by atoms with E-state index in [-0.39, 0.29) is 0 Å². The SMILES string of the molecule is c1ccc(C[C]2COC2)cc1. The second kappa shape index (κ2) is 3.05. The van der Waals surface area contributed by atoms with Crippen LogP contribution in [-0.2, 0) is 11.2 Å². The van der Waals surface area contributed by atoms with Crippen LogP contribution in [0.4, 0.5) is 0 Å². The summed E-state index contributed by atoms with van der Waals surface area (Å²) < 4.78 is 5.07. The molecular weight excluding hydrogens is 136 g/mol. The molecule has 1 aliphatic rings. The molecule has 1 heterocycles. The molecular formula is C10H11O. The van der Waals surface area contributed by atoms with Gasteiger partial charge in [-0.1, -0.05) is 30.3 Å². The topological polar surface area (TPSA) is 9.23 Å². The van der Waals surface area contributed by atoms with E-state index in [4.69, 9.17) is 4.74 Å². The van der Waals surface area contributed by atoms with Crippen LogP contribution in [0.3, 0.4) is 0 Å². The molecule has 0 atom stereocenters. The molecule has 0 saturated carbocycles. The van der Waals surface area contributed by atoms with E-state index in [1.807, 2.05) is 6.07 Å². The van der Waals surface area contributed by atoms with Crippen molar-refractivity contribution in [2.45, 2.75) is 6.42 Å². The summed E-state index contributed by atoms with van der Waals surface area (Å²) >= 11 is 0. The van der Waals surface area contributed by atoms with Gasteiger partial charge in [-0.25, -0.2) is 0 Å². The Kier molecular flexibility index (Phi) is 1.91. The van der Waals surface area contributed by atoms with E-state index >= 15 is 0 Å². The summed E-state index contributed by atoms with van der Waals surface area (Å²) in [7, 11) is 0. The fourth-order valence-electron chi connectivity index (χ4n) is 1.23. The average Bonchev–Trinajstić information content (AvgIpc) is 1.99. The fraction of sp³-hybridized carbons (Fsp3) is 0.300. The van der Waals surface area contributed by atoms with E-state index in [0.717, 1.165) is 19.6 Å². The normalized spacial score (nSPS) is 17.8. The summed E-state index contributed by atoms with van der Waals surface area (Å²) in [5.41, 5.74) is 1.39. The smallest absolute Gasteiger partial charge is 0.0555 e. The first-order valence-electron chi connectivity index (χ1n) is 3.90. The fourth-order valence-corrected chi connectivity index (χ4v) is 1.23. The van der Waals surface area contributed by atoms with Gasteiger partial charge in [0.05, 0.1) is 13.2 Å². The largest absolute Gasteiger partial charge is 0.380 e. The van der Waals surface area contributed by atoms with Gasteiger partial charge in [-0.15, -0.1) is 0 Å². The molecule has 0 unspecified atom stereocenters. The van der Waals surface area contributed by atoms with Crippen molar-refractivity contribution in [3.05, 3.63) is 41.8 Å². The van der Waals surface area contributed by atoms with E-state index in [9.17, 15) is 0 Å². The Balaban J connectivity index is 1.95. The van der Waals surface area contributed by atoms with E-state index in [2.05, 4.69) is 24.3 Å². The second-order valence-corrected chi connectivity index (χ2v) is 2.91. The van der Waals surface area contributed by atoms with Crippen LogP contribution in [0.5, 0.6) is 0 Å². The zero-order valence-corrected chi connectivity index (χ0v) is 6.42. The minimum Gasteiger partial charge on any atom is -0.380 e. The highest BCUT2D eigenvalue weighted by atomic mass is 16.5. The van der Waals surface area contributed by atoms with Gasteiger partial charge in [0.25, 0.3) is 0 Å². The molecule has 0 aromatic heterocycles. The van der Waals surface area contributed by atoms with Crippen LogP contribution >= 0.6 is 0 Å². The average molecular weight is 147 g/mol. The van der Waals surface area contributed by atoms with Crippen LogP contribution in [-0.4, -0.2) is 13.2 Å². The standard InChI is InChI=1S/C10H11O/c1-2-4-9(5-3-1)6-10-7-11-8-10/h1-5H,6-8H2. The van der Waals surface area contributed by atoms with Crippen LogP contribution in [0.15, 0.2) is 30.3 Å². The third-order valence-electron chi connectivity index (χ3n) is 1.91. The molecule has 1 aromatic carbocycles. The number of rotatable bonds is 2. The Morgan fingerprint density at radius 1 is 1.09 bits per heavy atom. The molecule has 1 fully saturated rings. The highest BCUT2D eigenvalue weighted by Crippen LogP contribution is 2.18. The molecule has 2 rings (SSSR count). The molecule has 1 radical (unpaired) electrons. The van der Waals surface area contributed by atoms with Crippen LogP contribution in [0.25, 0.3) is 0 Å². The van der Waals surface area contributed by atoms with Crippen molar-refractivity contribution in [1.29, 1.82) is 0 Å². The highest BCUT2D eigenvalue weighted by molar-refractivity contribution is 5.20. The summed E-state index contributed by atoms with van der Waals surface area (Å²) in [5, 5.41) is 0. The van der Waals surface area contributed by atoms with Crippen molar-refractivity contribution < 1.29 is 4.74 Å². The van der Waals surface area contributed by atoms with Gasteiger partial charge in [-0.3, -0.25) is 0 Å². The van der Waals surface area contributed by atoms with Gasteiger partial charge in [0.1, 0.15) is 0 Å². The van der Waals surface area contributed by atoms with Crippen molar-refractivity contribution in [1.82, 2.24) is 0 Å². The van der Waals surface area contributed by atoms with Crippen LogP contribution in [0, 0.1) is 5.92 Å². The Labute approximate surface area is 67.0 Å². The molecule has 57 valence electrons. The summed E-state index contributed by atoms with van der Waals surface area (Å²) in [6.07, 6.45) is 1.10. The maximum Gasteiger partial charge on any atom is 0.0555 e. The molecule has 11 heavy (non-hydrogen) atoms. The maximum absolute atomic E-state index is 5.07. The Bertz CT molecular complexity index is 214. The van der Waals surface area contributed by atoms with Crippen LogP contribution in [0.1, 0.15) is 5.56 Å². The summed E-state index contributed by atoms with van der Waals surface area (Å²) in [6, 6.07) is 10.5. The minimum absolute atomic E-state index is 0.870. The first-order valence-corrected chi connectivity index (χ1v) is 3.90. The van der Waals surface area contributed by atoms with Crippen molar-refractivity contribution in [3.63, 3.8) is 0 Å². The van der Waals surface area contributed by atoms with Crippen molar-refractivity contribution in [2.75, 3.05) is 13.2 Å². The van der Waals surface area contributed by atoms with Gasteiger partial charge in [0.2, 0.25) is 0 Å². The van der Waals surface area contributed by atoms with Crippen molar-refractivity contribution in [2.24, 2.45) is 0 Å². The first kappa shape index (κ1) is 6.86. The van der Waals surface area contributed by atoms with E-state index in [1.165, 1.54) is 11.5 Å². The lowest BCUT2D eigenvalue weighted by Crippen LogP contribution is -2.26. The molecule has 0 N–H and O–H groups in total. The quantitative estimate of drug-likeness (QED) is 0.620. The number of ether oxygens (including phenoxy) is 1. The Hall–Kier alpha value is -0.820. The number of hydrogen-bond donors (Lipinski definition) is 0. The molecule has 0 bridgehead atoms. The van der Waals surface area contributed by atoms with Crippen LogP contribution in [0.2, 0.25) is 0 Å². The lowest BCUT2D eigenvalue weighted by Gasteiger charge is -2.24. The third kappa shape index (κ3) is 1.60. The third-order valence-corrected chi connectivity index (χ3v) is 1.91. The predicted octanol–water partition coefficient (Wildman–Crippen LogP) is 1.83. The molecule has 1 saturated heterocycles. The summed E-state index contributed by atoms with van der Waals surface area (Å²) in [5.74, 6) is 1.51. The second-order valence-electron chi connectivity index (χ2n) is 2.91. The molecule has 0 aliphatic carbocycles. The van der Waals surface area contributed by atoms with Gasteiger partial charge >= 0.3 is 0 Å². The number of benzene rings is 1. The van der Waals surface area contributed by atoms with Gasteiger partial charge in [-0.05, 0) is 12.0 Å². The van der Waals surface area contributed by atoms with Gasteiger partial charge in [0, 0.05) is 5.92 Å². The zero-order valence-electron chi connectivity index (χ0n) is 6.42.